The molecule has 0 bridgehead atoms. The van der Waals surface area contributed by atoms with Gasteiger partial charge in [-0.1, -0.05) is 12.1 Å². The fourth-order valence-electron chi connectivity index (χ4n) is 2.71. The molecule has 0 aromatic heterocycles. The second kappa shape index (κ2) is 5.44. The number of amides is 2. The highest BCUT2D eigenvalue weighted by Crippen LogP contribution is 2.24. The number of carbonyl (C=O) groups is 2. The first-order valence-corrected chi connectivity index (χ1v) is 7.05. The number of hydrogen-bond donors (Lipinski definition) is 0. The van der Waals surface area contributed by atoms with Crippen LogP contribution in [0.25, 0.3) is 0 Å². The minimum Gasteiger partial charge on any atom is -0.332 e. The molecule has 0 N–H and O–H groups in total. The second-order valence-corrected chi connectivity index (χ2v) is 5.36. The van der Waals surface area contributed by atoms with Crippen molar-refractivity contribution in [2.75, 3.05) is 13.1 Å². The summed E-state index contributed by atoms with van der Waals surface area (Å²) in [6.45, 7) is 0.870. The van der Waals surface area contributed by atoms with E-state index in [1.807, 2.05) is 0 Å². The minimum absolute atomic E-state index is 0.0404. The lowest BCUT2D eigenvalue weighted by atomic mass is 10.0. The number of hydrogen-bond acceptors (Lipinski definition) is 3. The maximum Gasteiger partial charge on any atom is 0.336 e. The normalized spacial score (nSPS) is 21.9. The molecule has 5 nitrogen and oxygen atoms in total. The molecule has 0 saturated carbocycles. The standard InChI is InChI=1S/C14H13ClFN3O2/c15-14(21)19-8-11(18-7-1-2-12(18)20)13(17-19)9-3-5-10(16)6-4-9/h3-6,11H,1-2,7-8H2. The zero-order valence-electron chi connectivity index (χ0n) is 11.1. The van der Waals surface area contributed by atoms with Crippen LogP contribution in [-0.2, 0) is 4.79 Å². The number of rotatable bonds is 2. The summed E-state index contributed by atoms with van der Waals surface area (Å²) in [5.74, 6) is -0.310. The van der Waals surface area contributed by atoms with Crippen LogP contribution in [0.5, 0.6) is 0 Å². The predicted molar refractivity (Wildman–Crippen MR) is 75.6 cm³/mol. The summed E-state index contributed by atoms with van der Waals surface area (Å²) in [4.78, 5) is 25.0. The van der Waals surface area contributed by atoms with Gasteiger partial charge in [0.2, 0.25) is 5.91 Å². The third-order valence-corrected chi connectivity index (χ3v) is 3.91. The van der Waals surface area contributed by atoms with Crippen LogP contribution in [0.1, 0.15) is 18.4 Å². The molecule has 1 unspecified atom stereocenters. The molecule has 7 heteroatoms. The van der Waals surface area contributed by atoms with E-state index in [4.69, 9.17) is 11.6 Å². The average Bonchev–Trinajstić information content (AvgIpc) is 3.05. The van der Waals surface area contributed by atoms with E-state index in [0.717, 1.165) is 11.4 Å². The predicted octanol–water partition coefficient (Wildman–Crippen LogP) is 2.20. The van der Waals surface area contributed by atoms with Gasteiger partial charge in [0, 0.05) is 18.5 Å². The Morgan fingerprint density at radius 1 is 1.33 bits per heavy atom. The zero-order chi connectivity index (χ0) is 15.0. The van der Waals surface area contributed by atoms with Crippen LogP contribution in [0.4, 0.5) is 9.18 Å². The molecule has 110 valence electrons. The Bertz CT molecular complexity index is 617. The van der Waals surface area contributed by atoms with Crippen LogP contribution in [0.3, 0.4) is 0 Å². The molecule has 21 heavy (non-hydrogen) atoms. The van der Waals surface area contributed by atoms with Crippen LogP contribution >= 0.6 is 11.6 Å². The molecule has 1 saturated heterocycles. The molecule has 0 radical (unpaired) electrons. The maximum atomic E-state index is 13.0. The van der Waals surface area contributed by atoms with Crippen molar-refractivity contribution in [3.63, 3.8) is 0 Å². The number of halogens is 2. The fraction of sp³-hybridized carbons (Fsp3) is 0.357. The van der Waals surface area contributed by atoms with Gasteiger partial charge in [-0.15, -0.1) is 0 Å². The first-order chi connectivity index (χ1) is 10.1. The van der Waals surface area contributed by atoms with Gasteiger partial charge in [0.25, 0.3) is 0 Å². The van der Waals surface area contributed by atoms with Gasteiger partial charge in [-0.3, -0.25) is 9.59 Å². The molecule has 3 rings (SSSR count). The van der Waals surface area contributed by atoms with E-state index in [1.165, 1.54) is 12.1 Å². The lowest BCUT2D eigenvalue weighted by Crippen LogP contribution is -2.44. The zero-order valence-corrected chi connectivity index (χ0v) is 11.9. The topological polar surface area (TPSA) is 53.0 Å². The Labute approximate surface area is 126 Å². The summed E-state index contributed by atoms with van der Waals surface area (Å²) < 4.78 is 13.0. The van der Waals surface area contributed by atoms with E-state index in [-0.39, 0.29) is 24.3 Å². The largest absolute Gasteiger partial charge is 0.336 e. The second-order valence-electron chi connectivity index (χ2n) is 5.03. The summed E-state index contributed by atoms with van der Waals surface area (Å²) in [5.41, 5.74) is 1.25. The van der Waals surface area contributed by atoms with Crippen molar-refractivity contribution in [3.8, 4) is 0 Å². The molecule has 2 heterocycles. The van der Waals surface area contributed by atoms with Crippen LogP contribution < -0.4 is 0 Å². The molecular weight excluding hydrogens is 297 g/mol. The molecule has 2 aliphatic heterocycles. The van der Waals surface area contributed by atoms with Crippen molar-refractivity contribution >= 4 is 28.6 Å². The number of likely N-dealkylation sites (tertiary alicyclic amines) is 1. The minimum atomic E-state index is -0.691. The lowest BCUT2D eigenvalue weighted by molar-refractivity contribution is -0.128. The van der Waals surface area contributed by atoms with Gasteiger partial charge in [0.1, 0.15) is 5.82 Å². The summed E-state index contributed by atoms with van der Waals surface area (Å²) in [5, 5.41) is 4.64. The van der Waals surface area contributed by atoms with E-state index in [0.29, 0.717) is 24.2 Å². The average molecular weight is 310 g/mol. The molecule has 2 aliphatic rings. The summed E-state index contributed by atoms with van der Waals surface area (Å²) in [6, 6.07) is 5.50. The smallest absolute Gasteiger partial charge is 0.332 e. The highest BCUT2D eigenvalue weighted by molar-refractivity contribution is 6.62. The van der Waals surface area contributed by atoms with Gasteiger partial charge in [-0.25, -0.2) is 9.40 Å². The SMILES string of the molecule is O=C(Cl)N1CC(N2CCCC2=O)C(c2ccc(F)cc2)=N1. The third kappa shape index (κ3) is 2.63. The molecular formula is C14H13ClFN3O2. The number of hydrazone groups is 1. The van der Waals surface area contributed by atoms with Gasteiger partial charge in [0.15, 0.2) is 0 Å². The van der Waals surface area contributed by atoms with Gasteiger partial charge in [-0.05, 0) is 30.2 Å². The third-order valence-electron chi connectivity index (χ3n) is 3.72. The highest BCUT2D eigenvalue weighted by atomic mass is 35.5. The quantitative estimate of drug-likeness (QED) is 0.621. The number of benzene rings is 1. The van der Waals surface area contributed by atoms with E-state index in [9.17, 15) is 14.0 Å². The molecule has 1 fully saturated rings. The van der Waals surface area contributed by atoms with Crippen molar-refractivity contribution in [3.05, 3.63) is 35.6 Å². The van der Waals surface area contributed by atoms with Gasteiger partial charge >= 0.3 is 5.37 Å². The first-order valence-electron chi connectivity index (χ1n) is 6.67. The van der Waals surface area contributed by atoms with Gasteiger partial charge in [-0.2, -0.15) is 5.10 Å². The van der Waals surface area contributed by atoms with Crippen molar-refractivity contribution in [2.45, 2.75) is 18.9 Å². The van der Waals surface area contributed by atoms with Crippen LogP contribution in [0.15, 0.2) is 29.4 Å². The van der Waals surface area contributed by atoms with Crippen molar-refractivity contribution < 1.29 is 14.0 Å². The van der Waals surface area contributed by atoms with Crippen LogP contribution in [-0.4, -0.2) is 46.0 Å². The Balaban J connectivity index is 1.95. The molecule has 1 aromatic carbocycles. The number of nitrogens with zero attached hydrogens (tertiary/aromatic N) is 3. The molecule has 0 spiro atoms. The lowest BCUT2D eigenvalue weighted by Gasteiger charge is -2.25. The van der Waals surface area contributed by atoms with Crippen molar-refractivity contribution in [2.24, 2.45) is 5.10 Å². The Kier molecular flexibility index (Phi) is 3.63. The first kappa shape index (κ1) is 14.0. The van der Waals surface area contributed by atoms with Gasteiger partial charge < -0.3 is 4.90 Å². The van der Waals surface area contributed by atoms with Crippen LogP contribution in [0, 0.1) is 5.82 Å². The Morgan fingerprint density at radius 3 is 2.62 bits per heavy atom. The fourth-order valence-corrected chi connectivity index (χ4v) is 2.82. The van der Waals surface area contributed by atoms with E-state index in [1.54, 1.807) is 17.0 Å². The van der Waals surface area contributed by atoms with E-state index >= 15 is 0 Å². The monoisotopic (exact) mass is 309 g/mol. The number of carbonyl (C=O) groups excluding carboxylic acids is 2. The summed E-state index contributed by atoms with van der Waals surface area (Å²) in [6.07, 6.45) is 1.29. The van der Waals surface area contributed by atoms with E-state index < -0.39 is 5.37 Å². The van der Waals surface area contributed by atoms with Crippen molar-refractivity contribution in [1.29, 1.82) is 0 Å². The summed E-state index contributed by atoms with van der Waals surface area (Å²) >= 11 is 5.49. The maximum absolute atomic E-state index is 13.0. The van der Waals surface area contributed by atoms with Crippen molar-refractivity contribution in [1.82, 2.24) is 9.91 Å². The highest BCUT2D eigenvalue weighted by Gasteiger charge is 2.38. The molecule has 0 aliphatic carbocycles. The molecule has 1 aromatic rings. The molecule has 1 atom stereocenters. The van der Waals surface area contributed by atoms with Crippen LogP contribution in [0.2, 0.25) is 0 Å². The Morgan fingerprint density at radius 2 is 2.05 bits per heavy atom. The van der Waals surface area contributed by atoms with E-state index in [2.05, 4.69) is 5.10 Å². The molecule has 2 amide bonds. The summed E-state index contributed by atoms with van der Waals surface area (Å²) in [7, 11) is 0. The van der Waals surface area contributed by atoms with Gasteiger partial charge in [0.05, 0.1) is 18.3 Å². The Hall–Kier alpha value is -1.95.